The van der Waals surface area contributed by atoms with E-state index in [1.165, 1.54) is 4.90 Å². The average Bonchev–Trinajstić information content (AvgIpc) is 2.65. The molecule has 1 aliphatic heterocycles. The first kappa shape index (κ1) is 17.7. The van der Waals surface area contributed by atoms with Crippen LogP contribution in [0.15, 0.2) is 48.5 Å². The highest BCUT2D eigenvalue weighted by Crippen LogP contribution is 2.35. The lowest BCUT2D eigenvalue weighted by Gasteiger charge is -2.32. The molecule has 2 aromatic carbocycles. The van der Waals surface area contributed by atoms with Gasteiger partial charge in [0.25, 0.3) is 5.91 Å². The molecule has 6 nitrogen and oxygen atoms in total. The molecule has 0 fully saturated rings. The van der Waals surface area contributed by atoms with Crippen LogP contribution in [0.1, 0.15) is 30.6 Å². The summed E-state index contributed by atoms with van der Waals surface area (Å²) in [6.07, 6.45) is -0.335. The van der Waals surface area contributed by atoms with E-state index in [0.29, 0.717) is 29.1 Å². The molecule has 1 atom stereocenters. The van der Waals surface area contributed by atoms with E-state index in [0.717, 1.165) is 0 Å². The Morgan fingerprint density at radius 2 is 1.88 bits per heavy atom. The number of nitrogens with one attached hydrogen (secondary N) is 1. The van der Waals surface area contributed by atoms with Gasteiger partial charge >= 0.3 is 0 Å². The molecule has 134 valence electrons. The topological polar surface area (TPSA) is 75.7 Å². The predicted octanol–water partition coefficient (Wildman–Crippen LogP) is 3.03. The van der Waals surface area contributed by atoms with Gasteiger partial charge in [0.2, 0.25) is 5.91 Å². The van der Waals surface area contributed by atoms with Crippen molar-refractivity contribution in [2.45, 2.75) is 26.4 Å². The van der Waals surface area contributed by atoms with Gasteiger partial charge in [0.1, 0.15) is 12.3 Å². The van der Waals surface area contributed by atoms with Crippen LogP contribution < -0.4 is 15.0 Å². The second-order valence-corrected chi connectivity index (χ2v) is 6.06. The fourth-order valence-electron chi connectivity index (χ4n) is 2.81. The summed E-state index contributed by atoms with van der Waals surface area (Å²) in [5.41, 5.74) is 1.59. The van der Waals surface area contributed by atoms with Gasteiger partial charge in [-0.3, -0.25) is 19.3 Å². The van der Waals surface area contributed by atoms with Crippen molar-refractivity contribution in [1.82, 2.24) is 0 Å². The molecule has 0 radical (unpaired) electrons. The van der Waals surface area contributed by atoms with Gasteiger partial charge in [-0.2, -0.15) is 0 Å². The molecule has 1 unspecified atom stereocenters. The molecule has 0 saturated heterocycles. The maximum absolute atomic E-state index is 12.6. The Labute approximate surface area is 151 Å². The summed E-state index contributed by atoms with van der Waals surface area (Å²) in [4.78, 5) is 38.3. The van der Waals surface area contributed by atoms with Crippen LogP contribution in [0.2, 0.25) is 0 Å². The number of fused-ring (bicyclic) bond motifs is 1. The molecule has 1 aliphatic rings. The quantitative estimate of drug-likeness (QED) is 0.839. The Morgan fingerprint density at radius 1 is 1.15 bits per heavy atom. The van der Waals surface area contributed by atoms with Crippen LogP contribution in [0.4, 0.5) is 11.4 Å². The third-order valence-electron chi connectivity index (χ3n) is 4.17. The van der Waals surface area contributed by atoms with E-state index >= 15 is 0 Å². The summed E-state index contributed by atoms with van der Waals surface area (Å²) in [5.74, 6) is -0.191. The van der Waals surface area contributed by atoms with E-state index in [1.54, 1.807) is 44.2 Å². The Morgan fingerprint density at radius 3 is 2.58 bits per heavy atom. The fourth-order valence-corrected chi connectivity index (χ4v) is 2.81. The van der Waals surface area contributed by atoms with Gasteiger partial charge < -0.3 is 10.1 Å². The summed E-state index contributed by atoms with van der Waals surface area (Å²) < 4.78 is 5.61. The summed E-state index contributed by atoms with van der Waals surface area (Å²) >= 11 is 0. The van der Waals surface area contributed by atoms with Crippen molar-refractivity contribution in [1.29, 1.82) is 0 Å². The van der Waals surface area contributed by atoms with Crippen LogP contribution in [-0.2, 0) is 9.59 Å². The molecule has 0 aromatic heterocycles. The van der Waals surface area contributed by atoms with Crippen molar-refractivity contribution in [3.8, 4) is 5.75 Å². The molecular weight excluding hydrogens is 332 g/mol. The first-order chi connectivity index (χ1) is 12.5. The molecule has 26 heavy (non-hydrogen) atoms. The van der Waals surface area contributed by atoms with Gasteiger partial charge in [-0.15, -0.1) is 0 Å². The van der Waals surface area contributed by atoms with Crippen LogP contribution in [0, 0.1) is 0 Å². The molecule has 0 bridgehead atoms. The summed E-state index contributed by atoms with van der Waals surface area (Å²) in [6.45, 7) is 3.26. The molecule has 0 aliphatic carbocycles. The molecule has 0 spiro atoms. The minimum Gasteiger partial charge on any atom is -0.479 e. The first-order valence-corrected chi connectivity index (χ1v) is 8.49. The molecule has 6 heteroatoms. The summed E-state index contributed by atoms with van der Waals surface area (Å²) in [6, 6.07) is 14.0. The van der Waals surface area contributed by atoms with Crippen LogP contribution in [0.25, 0.3) is 0 Å². The minimum absolute atomic E-state index is 0.0347. The van der Waals surface area contributed by atoms with Crippen molar-refractivity contribution >= 4 is 29.0 Å². The Balaban J connectivity index is 1.87. The van der Waals surface area contributed by atoms with Gasteiger partial charge in [-0.05, 0) is 37.3 Å². The second kappa shape index (κ2) is 7.39. The minimum atomic E-state index is -0.695. The highest BCUT2D eigenvalue weighted by molar-refractivity contribution is 6.07. The number of nitrogens with zero attached hydrogens (tertiary/aromatic N) is 1. The van der Waals surface area contributed by atoms with Crippen LogP contribution in [0.3, 0.4) is 0 Å². The van der Waals surface area contributed by atoms with Crippen molar-refractivity contribution < 1.29 is 19.1 Å². The van der Waals surface area contributed by atoms with Gasteiger partial charge in [-0.25, -0.2) is 0 Å². The second-order valence-electron chi connectivity index (χ2n) is 6.06. The first-order valence-electron chi connectivity index (χ1n) is 8.49. The number of rotatable bonds is 5. The fraction of sp³-hybridized carbons (Fsp3) is 0.250. The zero-order valence-corrected chi connectivity index (χ0v) is 14.7. The number of carbonyl (C=O) groups is 3. The number of hydrogen-bond acceptors (Lipinski definition) is 4. The lowest BCUT2D eigenvalue weighted by atomic mass is 10.1. The molecule has 2 amide bonds. The number of carbonyl (C=O) groups excluding carboxylic acids is 3. The standard InChI is InChI=1S/C20H20N2O4/c1-3-17(23)14-9-10-18-16(11-14)22(20(25)13(2)26-18)12-19(24)21-15-7-5-4-6-8-15/h4-11,13H,3,12H2,1-2H3,(H,21,24). The van der Waals surface area contributed by atoms with Crippen molar-refractivity contribution in [3.63, 3.8) is 0 Å². The third-order valence-corrected chi connectivity index (χ3v) is 4.17. The van der Waals surface area contributed by atoms with Crippen LogP contribution >= 0.6 is 0 Å². The number of amides is 2. The highest BCUT2D eigenvalue weighted by atomic mass is 16.5. The van der Waals surface area contributed by atoms with Gasteiger partial charge in [-0.1, -0.05) is 25.1 Å². The number of Topliss-reactive ketones (excluding diaryl/α,β-unsaturated/α-hetero) is 1. The van der Waals surface area contributed by atoms with Crippen LogP contribution in [-0.4, -0.2) is 30.2 Å². The largest absolute Gasteiger partial charge is 0.479 e. The summed E-state index contributed by atoms with van der Waals surface area (Å²) in [7, 11) is 0. The average molecular weight is 352 g/mol. The Hall–Kier alpha value is -3.15. The third kappa shape index (κ3) is 3.59. The zero-order chi connectivity index (χ0) is 18.7. The molecule has 1 N–H and O–H groups in total. The van der Waals surface area contributed by atoms with Crippen molar-refractivity contribution in [3.05, 3.63) is 54.1 Å². The summed E-state index contributed by atoms with van der Waals surface area (Å²) in [5, 5.41) is 2.76. The van der Waals surface area contributed by atoms with Gasteiger partial charge in [0.15, 0.2) is 11.9 Å². The number of benzene rings is 2. The van der Waals surface area contributed by atoms with Gasteiger partial charge in [0, 0.05) is 17.7 Å². The molecule has 1 heterocycles. The lowest BCUT2D eigenvalue weighted by molar-refractivity contribution is -0.127. The van der Waals surface area contributed by atoms with Crippen LogP contribution in [0.5, 0.6) is 5.75 Å². The lowest BCUT2D eigenvalue weighted by Crippen LogP contribution is -2.47. The zero-order valence-electron chi connectivity index (χ0n) is 14.7. The number of ketones is 1. The van der Waals surface area contributed by atoms with E-state index < -0.39 is 6.10 Å². The van der Waals surface area contributed by atoms with Crippen molar-refractivity contribution in [2.75, 3.05) is 16.8 Å². The molecule has 2 aromatic rings. The van der Waals surface area contributed by atoms with E-state index in [4.69, 9.17) is 4.74 Å². The number of para-hydroxylation sites is 1. The predicted molar refractivity (Wildman–Crippen MR) is 98.6 cm³/mol. The van der Waals surface area contributed by atoms with Crippen molar-refractivity contribution in [2.24, 2.45) is 0 Å². The monoisotopic (exact) mass is 352 g/mol. The van der Waals surface area contributed by atoms with E-state index in [1.807, 2.05) is 18.2 Å². The van der Waals surface area contributed by atoms with E-state index in [9.17, 15) is 14.4 Å². The molecule has 0 saturated carbocycles. The normalized spacial score (nSPS) is 15.8. The Bertz CT molecular complexity index is 848. The Kier molecular flexibility index (Phi) is 5.02. The van der Waals surface area contributed by atoms with E-state index in [-0.39, 0.29) is 24.1 Å². The number of hydrogen-bond donors (Lipinski definition) is 1. The maximum atomic E-state index is 12.6. The SMILES string of the molecule is CCC(=O)c1ccc2c(c1)N(CC(=O)Nc1ccccc1)C(=O)C(C)O2. The smallest absolute Gasteiger partial charge is 0.268 e. The molecular formula is C20H20N2O4. The molecule has 3 rings (SSSR count). The highest BCUT2D eigenvalue weighted by Gasteiger charge is 2.33. The number of ether oxygens (including phenoxy) is 1. The maximum Gasteiger partial charge on any atom is 0.268 e. The number of anilines is 2. The van der Waals surface area contributed by atoms with E-state index in [2.05, 4.69) is 5.32 Å². The van der Waals surface area contributed by atoms with Gasteiger partial charge in [0.05, 0.1) is 5.69 Å².